The van der Waals surface area contributed by atoms with Crippen LogP contribution < -0.4 is 35.6 Å². The van der Waals surface area contributed by atoms with E-state index < -0.39 is 7.12 Å². The fourth-order valence-electron chi connectivity index (χ4n) is 10.9. The molecular formula is C72H68BBrN18O8. The number of aromatic nitrogens is 15. The highest BCUT2D eigenvalue weighted by Gasteiger charge is 2.22. The van der Waals surface area contributed by atoms with Crippen molar-refractivity contribution >= 4 is 96.3 Å². The van der Waals surface area contributed by atoms with Gasteiger partial charge in [0, 0.05) is 62.0 Å². The molecule has 0 aliphatic heterocycles. The molecule has 0 fully saturated rings. The summed E-state index contributed by atoms with van der Waals surface area (Å²) in [6.45, 7) is 7.35. The van der Waals surface area contributed by atoms with Gasteiger partial charge >= 0.3 is 25.1 Å². The number of aryl methyl sites for hydroxylation is 3. The summed E-state index contributed by atoms with van der Waals surface area (Å²) in [5, 5.41) is 50.6. The van der Waals surface area contributed by atoms with E-state index in [2.05, 4.69) is 92.4 Å². The van der Waals surface area contributed by atoms with Crippen LogP contribution in [0, 0.1) is 20.8 Å². The molecule has 3 amide bonds. The molecule has 9 heterocycles. The summed E-state index contributed by atoms with van der Waals surface area (Å²) in [6.07, 6.45) is 7.28. The molecule has 0 saturated carbocycles. The molecular weight excluding hydrogens is 1340 g/mol. The van der Waals surface area contributed by atoms with E-state index in [9.17, 15) is 14.4 Å². The van der Waals surface area contributed by atoms with Crippen molar-refractivity contribution in [2.45, 2.75) is 40.0 Å². The summed E-state index contributed by atoms with van der Waals surface area (Å²) in [6, 6.07) is 53.2. The summed E-state index contributed by atoms with van der Waals surface area (Å²) in [4.78, 5) is 62.2. The summed E-state index contributed by atoms with van der Waals surface area (Å²) in [5.74, 6) is 1.80. The van der Waals surface area contributed by atoms with Crippen LogP contribution in [0.5, 0.6) is 18.0 Å². The van der Waals surface area contributed by atoms with E-state index in [1.54, 1.807) is 37.6 Å². The summed E-state index contributed by atoms with van der Waals surface area (Å²) >= 11 is 3.40. The highest BCUT2D eigenvalue weighted by molar-refractivity contribution is 9.10. The van der Waals surface area contributed by atoms with E-state index in [-0.39, 0.29) is 17.7 Å². The third-order valence-electron chi connectivity index (χ3n) is 16.1. The Morgan fingerprint density at radius 3 is 1.08 bits per heavy atom. The molecule has 15 aromatic rings. The van der Waals surface area contributed by atoms with Crippen LogP contribution in [0.1, 0.15) is 65.2 Å². The number of H-pyrrole nitrogens is 3. The van der Waals surface area contributed by atoms with Crippen molar-refractivity contribution in [3.63, 3.8) is 0 Å². The SMILES string of the molecule is COc1nnc2c(C(=O)NCCc3nc4ccccc4[nH]3)cc(-c3ccc(C)cc3)cn12.COc1nnc2c(C(=O)NCCc3nc4ccccc4[nH]3)cc(-c3ccc(C)cc3)cn12.COc1nnc2c(C(=O)NCCc3nc4ccccc4[nH]3)cc(Br)cn12.Cc1ccc(B(O)O)cc1. The van der Waals surface area contributed by atoms with E-state index in [1.807, 2.05) is 179 Å². The molecule has 0 saturated heterocycles. The van der Waals surface area contributed by atoms with Crippen LogP contribution in [0.2, 0.25) is 0 Å². The Hall–Kier alpha value is -12.1. The van der Waals surface area contributed by atoms with Gasteiger partial charge in [0.15, 0.2) is 16.9 Å². The fourth-order valence-corrected chi connectivity index (χ4v) is 11.3. The maximum Gasteiger partial charge on any atom is 0.488 e. The molecule has 9 aromatic heterocycles. The molecule has 0 atom stereocenters. The van der Waals surface area contributed by atoms with E-state index in [0.29, 0.717) is 96.0 Å². The molecule has 8 N–H and O–H groups in total. The number of amides is 3. The van der Waals surface area contributed by atoms with E-state index in [1.165, 1.54) is 32.5 Å². The molecule has 504 valence electrons. The van der Waals surface area contributed by atoms with Gasteiger partial charge < -0.3 is 55.2 Å². The van der Waals surface area contributed by atoms with Gasteiger partial charge in [0.25, 0.3) is 17.7 Å². The van der Waals surface area contributed by atoms with E-state index in [0.717, 1.165) is 82.9 Å². The minimum atomic E-state index is -1.35. The Morgan fingerprint density at radius 2 is 0.750 bits per heavy atom. The Balaban J connectivity index is 0.000000133. The largest absolute Gasteiger partial charge is 0.488 e. The number of halogens is 1. The number of aromatic amines is 3. The van der Waals surface area contributed by atoms with Gasteiger partial charge in [0.1, 0.15) is 17.5 Å². The van der Waals surface area contributed by atoms with Gasteiger partial charge in [-0.15, -0.1) is 15.3 Å². The minimum absolute atomic E-state index is 0.227. The number of hydrogen-bond acceptors (Lipinski definition) is 17. The van der Waals surface area contributed by atoms with Crippen LogP contribution in [0.3, 0.4) is 0 Å². The molecule has 100 heavy (non-hydrogen) atoms. The zero-order chi connectivity index (χ0) is 69.8. The van der Waals surface area contributed by atoms with Gasteiger partial charge in [-0.25, -0.2) is 15.0 Å². The molecule has 0 bridgehead atoms. The fraction of sp³-hybridized carbons (Fsp3) is 0.167. The first-order valence-electron chi connectivity index (χ1n) is 31.8. The lowest BCUT2D eigenvalue weighted by molar-refractivity contribution is 0.0946. The zero-order valence-corrected chi connectivity index (χ0v) is 56.8. The first-order valence-corrected chi connectivity index (χ1v) is 32.6. The lowest BCUT2D eigenvalue weighted by Gasteiger charge is -2.10. The number of nitrogens with zero attached hydrogens (tertiary/aromatic N) is 12. The second kappa shape index (κ2) is 30.9. The van der Waals surface area contributed by atoms with Crippen molar-refractivity contribution in [2.24, 2.45) is 0 Å². The van der Waals surface area contributed by atoms with Crippen LogP contribution in [-0.4, -0.2) is 150 Å². The lowest BCUT2D eigenvalue weighted by atomic mass is 9.80. The Kier molecular flexibility index (Phi) is 21.0. The summed E-state index contributed by atoms with van der Waals surface area (Å²) in [7, 11) is 3.22. The number of fused-ring (bicyclic) bond motifs is 6. The van der Waals surface area contributed by atoms with Gasteiger partial charge in [-0.3, -0.25) is 27.6 Å². The van der Waals surface area contributed by atoms with Crippen molar-refractivity contribution in [3.8, 4) is 40.3 Å². The number of carbonyl (C=O) groups excluding carboxylic acids is 3. The number of methoxy groups -OCH3 is 3. The topological polar surface area (TPSA) is 332 Å². The first-order chi connectivity index (χ1) is 48.6. The molecule has 26 nitrogen and oxygen atoms in total. The van der Waals surface area contributed by atoms with Crippen LogP contribution >= 0.6 is 15.9 Å². The number of imidazole rings is 3. The van der Waals surface area contributed by atoms with Gasteiger partial charge in [0.2, 0.25) is 0 Å². The monoisotopic (exact) mass is 1400 g/mol. The van der Waals surface area contributed by atoms with Crippen LogP contribution in [0.25, 0.3) is 72.3 Å². The van der Waals surface area contributed by atoms with Crippen LogP contribution in [0.4, 0.5) is 0 Å². The van der Waals surface area contributed by atoms with Crippen molar-refractivity contribution < 1.29 is 38.6 Å². The van der Waals surface area contributed by atoms with Crippen LogP contribution in [-0.2, 0) is 19.3 Å². The molecule has 0 aliphatic rings. The Labute approximate surface area is 580 Å². The molecule has 0 unspecified atom stereocenters. The number of para-hydroxylation sites is 6. The Morgan fingerprint density at radius 1 is 0.430 bits per heavy atom. The summed E-state index contributed by atoms with van der Waals surface area (Å²) in [5.41, 5.74) is 16.0. The third kappa shape index (κ3) is 15.8. The molecule has 0 aliphatic carbocycles. The number of ether oxygens (including phenoxy) is 3. The lowest BCUT2D eigenvalue weighted by Crippen LogP contribution is -2.29. The van der Waals surface area contributed by atoms with Gasteiger partial charge in [-0.2, -0.15) is 0 Å². The van der Waals surface area contributed by atoms with Gasteiger partial charge in [-0.1, -0.05) is 141 Å². The van der Waals surface area contributed by atoms with Gasteiger partial charge in [-0.05, 0) is 119 Å². The predicted octanol–water partition coefficient (Wildman–Crippen LogP) is 9.15. The quantitative estimate of drug-likeness (QED) is 0.0371. The zero-order valence-electron chi connectivity index (χ0n) is 55.2. The maximum atomic E-state index is 13.1. The number of benzene rings is 6. The summed E-state index contributed by atoms with van der Waals surface area (Å²) < 4.78 is 21.5. The molecule has 28 heteroatoms. The van der Waals surface area contributed by atoms with Crippen molar-refractivity contribution in [1.82, 2.24) is 89.6 Å². The number of hydrogen-bond donors (Lipinski definition) is 8. The standard InChI is InChI=1S/2C24H22N6O2.C17H15BrN6O2.C7H9BO2/c2*1-15-7-9-16(10-8-15)17-13-18(22-28-29-24(32-2)30(22)14-17)23(31)25-12-11-21-26-19-5-3-4-6-20(19)27-21;1-26-17-23-22-15-11(8-10(18)9-24(15)17)16(25)19-7-6-14-20-12-4-2-3-5-13(12)21-14;1-6-2-4-7(5-3-6)8(9)10/h2*3-10,13-14H,11-12H2,1-2H3,(H,25,31)(H,26,27);2-5,8-9H,6-7H2,1H3,(H,19,25)(H,20,21);2-5,9-10H,1H3. The van der Waals surface area contributed by atoms with Crippen molar-refractivity contribution in [2.75, 3.05) is 41.0 Å². The molecule has 0 radical (unpaired) electrons. The molecule has 0 spiro atoms. The normalized spacial score (nSPS) is 11.0. The number of rotatable bonds is 18. The van der Waals surface area contributed by atoms with E-state index in [4.69, 9.17) is 24.3 Å². The third-order valence-corrected chi connectivity index (χ3v) is 16.5. The smallest absolute Gasteiger partial charge is 0.467 e. The van der Waals surface area contributed by atoms with Gasteiger partial charge in [0.05, 0.1) is 71.1 Å². The average Bonchev–Trinajstić information content (AvgIpc) is 1.57. The molecule has 15 rings (SSSR count). The van der Waals surface area contributed by atoms with E-state index >= 15 is 0 Å². The minimum Gasteiger partial charge on any atom is -0.467 e. The number of pyridine rings is 3. The van der Waals surface area contributed by atoms with Crippen LogP contribution in [0.15, 0.2) is 187 Å². The average molecular weight is 1400 g/mol. The highest BCUT2D eigenvalue weighted by Crippen LogP contribution is 2.28. The maximum absolute atomic E-state index is 13.1. The molecule has 6 aromatic carbocycles. The Bertz CT molecular complexity index is 5060. The van der Waals surface area contributed by atoms with Crippen molar-refractivity contribution in [3.05, 3.63) is 238 Å². The predicted molar refractivity (Wildman–Crippen MR) is 384 cm³/mol. The van der Waals surface area contributed by atoms with Crippen molar-refractivity contribution in [1.29, 1.82) is 0 Å². The highest BCUT2D eigenvalue weighted by atomic mass is 79.9. The number of nitrogens with one attached hydrogen (secondary N) is 6. The number of carbonyl (C=O) groups is 3. The second-order valence-electron chi connectivity index (χ2n) is 23.1. The second-order valence-corrected chi connectivity index (χ2v) is 24.0. The first kappa shape index (κ1) is 67.8.